The van der Waals surface area contributed by atoms with E-state index in [-0.39, 0.29) is 5.57 Å². The normalized spacial score (nSPS) is 11.9. The Labute approximate surface area is 227 Å². The highest BCUT2D eigenvalue weighted by Gasteiger charge is 2.09. The van der Waals surface area contributed by atoms with Crippen LogP contribution in [0.4, 0.5) is 4.39 Å². The molecule has 0 radical (unpaired) electrons. The molecule has 0 aliphatic carbocycles. The maximum atomic E-state index is 14.8. The van der Waals surface area contributed by atoms with Crippen LogP contribution in [0.25, 0.3) is 0 Å². The van der Waals surface area contributed by atoms with Crippen molar-refractivity contribution in [2.75, 3.05) is 13.7 Å². The lowest BCUT2D eigenvalue weighted by Crippen LogP contribution is -1.99. The van der Waals surface area contributed by atoms with E-state index in [0.717, 1.165) is 42.3 Å². The quantitative estimate of drug-likeness (QED) is 0.124. The van der Waals surface area contributed by atoms with Crippen LogP contribution < -0.4 is 0 Å². The van der Waals surface area contributed by atoms with Crippen molar-refractivity contribution in [2.24, 2.45) is 11.8 Å². The summed E-state index contributed by atoms with van der Waals surface area (Å²) < 4.78 is 20.0. The van der Waals surface area contributed by atoms with E-state index in [1.54, 1.807) is 19.3 Å². The molecule has 0 aromatic carbocycles. The molecule has 206 valence electrons. The summed E-state index contributed by atoms with van der Waals surface area (Å²) in [5, 5.41) is 0. The van der Waals surface area contributed by atoms with Crippen molar-refractivity contribution in [3.05, 3.63) is 121 Å². The first-order chi connectivity index (χ1) is 17.3. The van der Waals surface area contributed by atoms with Crippen LogP contribution in [0.1, 0.15) is 60.8 Å². The first kappa shape index (κ1) is 38.5. The number of aldehydes is 1. The van der Waals surface area contributed by atoms with Crippen molar-refractivity contribution in [3.8, 4) is 0 Å². The Bertz CT molecular complexity index is 885. The summed E-state index contributed by atoms with van der Waals surface area (Å²) in [6.07, 6.45) is 12.4. The van der Waals surface area contributed by atoms with Crippen molar-refractivity contribution in [2.45, 2.75) is 60.8 Å². The number of hydrogen-bond acceptors (Lipinski definition) is 2. The van der Waals surface area contributed by atoms with E-state index in [9.17, 15) is 4.39 Å². The number of hydrogen-bond donors (Lipinski definition) is 0. The molecule has 0 rings (SSSR count). The lowest BCUT2D eigenvalue weighted by molar-refractivity contribution is -0.106. The third-order valence-corrected chi connectivity index (χ3v) is 5.23. The summed E-state index contributed by atoms with van der Waals surface area (Å²) in [6, 6.07) is 0. The van der Waals surface area contributed by atoms with Gasteiger partial charge in [-0.05, 0) is 78.5 Å². The van der Waals surface area contributed by atoms with Gasteiger partial charge < -0.3 is 9.53 Å². The molecule has 0 bridgehead atoms. The van der Waals surface area contributed by atoms with Crippen LogP contribution in [0.3, 0.4) is 0 Å². The predicted octanol–water partition coefficient (Wildman–Crippen LogP) is 10.2. The Kier molecular flexibility index (Phi) is 24.3. The van der Waals surface area contributed by atoms with Crippen molar-refractivity contribution in [1.82, 2.24) is 0 Å². The van der Waals surface area contributed by atoms with Gasteiger partial charge in [-0.25, -0.2) is 4.39 Å². The number of methoxy groups -OCH3 is 1. The van der Waals surface area contributed by atoms with E-state index in [1.807, 2.05) is 26.0 Å². The Morgan fingerprint density at radius 2 is 1.41 bits per heavy atom. The molecule has 0 spiro atoms. The zero-order valence-electron chi connectivity index (χ0n) is 24.6. The summed E-state index contributed by atoms with van der Waals surface area (Å²) in [6.45, 7) is 39.6. The van der Waals surface area contributed by atoms with Crippen LogP contribution in [-0.4, -0.2) is 20.0 Å². The van der Waals surface area contributed by atoms with Gasteiger partial charge in [0.15, 0.2) is 0 Å². The van der Waals surface area contributed by atoms with E-state index in [0.29, 0.717) is 35.2 Å². The SMILES string of the molecule is C=C(/C=C\C(=C)C(C)CCC(C)C)C(=C)/C=C(/F)C(=C)C(=C)/C=C(/COC)C(=C)CC.C=CC.CC=O. The zero-order chi connectivity index (χ0) is 29.6. The maximum Gasteiger partial charge on any atom is 0.131 e. The zero-order valence-corrected chi connectivity index (χ0v) is 24.6. The van der Waals surface area contributed by atoms with Crippen LogP contribution in [0, 0.1) is 11.8 Å². The molecular formula is C34H51FO2. The average Bonchev–Trinajstić information content (AvgIpc) is 2.84. The number of rotatable bonds is 15. The van der Waals surface area contributed by atoms with Gasteiger partial charge >= 0.3 is 0 Å². The molecular weight excluding hydrogens is 459 g/mol. The minimum absolute atomic E-state index is 0.196. The summed E-state index contributed by atoms with van der Waals surface area (Å²) in [5.41, 5.74) is 4.60. The van der Waals surface area contributed by atoms with Crippen LogP contribution >= 0.6 is 0 Å². The lowest BCUT2D eigenvalue weighted by Gasteiger charge is -2.13. The summed E-state index contributed by atoms with van der Waals surface area (Å²) in [5.74, 6) is 0.565. The van der Waals surface area contributed by atoms with Gasteiger partial charge in [0.05, 0.1) is 6.61 Å². The topological polar surface area (TPSA) is 26.3 Å². The minimum atomic E-state index is -0.496. The van der Waals surface area contributed by atoms with Gasteiger partial charge in [-0.2, -0.15) is 0 Å². The van der Waals surface area contributed by atoms with E-state index >= 15 is 0 Å². The fourth-order valence-electron chi connectivity index (χ4n) is 2.66. The molecule has 0 saturated heterocycles. The second-order valence-electron chi connectivity index (χ2n) is 9.03. The molecule has 0 aromatic heterocycles. The van der Waals surface area contributed by atoms with E-state index < -0.39 is 5.83 Å². The Hall–Kier alpha value is -3.04. The fraction of sp³-hybridized carbons (Fsp3) is 0.382. The largest absolute Gasteiger partial charge is 0.380 e. The van der Waals surface area contributed by atoms with Crippen LogP contribution in [-0.2, 0) is 9.53 Å². The third-order valence-electron chi connectivity index (χ3n) is 5.23. The van der Waals surface area contributed by atoms with E-state index in [1.165, 1.54) is 13.0 Å². The minimum Gasteiger partial charge on any atom is -0.380 e. The molecule has 1 unspecified atom stereocenters. The third kappa shape index (κ3) is 19.8. The van der Waals surface area contributed by atoms with Gasteiger partial charge in [-0.1, -0.05) is 97.4 Å². The van der Waals surface area contributed by atoms with Gasteiger partial charge in [0, 0.05) is 12.7 Å². The fourth-order valence-corrected chi connectivity index (χ4v) is 2.66. The standard InChI is InChI=1S/C29H41FO.C3H6.C2H4O/c1-12-21(4)28(19-31-11)17-26(9)27(10)29(30)18-25(8)24(7)16-15-23(6)22(5)14-13-20(2)3;1-3-2;1-2-3/h15-18,20,22H,4,6-10,12-14,19H2,1-3,5,11H3;3H,1H2,2H3;2H,1H3/b16-15-,28-17-,29-18+;;. The first-order valence-electron chi connectivity index (χ1n) is 12.6. The monoisotopic (exact) mass is 510 g/mol. The van der Waals surface area contributed by atoms with Crippen molar-refractivity contribution >= 4 is 6.29 Å². The van der Waals surface area contributed by atoms with Crippen LogP contribution in [0.5, 0.6) is 0 Å². The molecule has 0 heterocycles. The lowest BCUT2D eigenvalue weighted by atomic mass is 9.93. The highest BCUT2D eigenvalue weighted by Crippen LogP contribution is 2.25. The van der Waals surface area contributed by atoms with Crippen molar-refractivity contribution < 1.29 is 13.9 Å². The van der Waals surface area contributed by atoms with Crippen molar-refractivity contribution in [1.29, 1.82) is 0 Å². The molecule has 0 saturated carbocycles. The molecule has 0 aliphatic heterocycles. The number of ether oxygens (including phenoxy) is 1. The summed E-state index contributed by atoms with van der Waals surface area (Å²) in [4.78, 5) is 8.81. The Morgan fingerprint density at radius 3 is 1.84 bits per heavy atom. The second-order valence-corrected chi connectivity index (χ2v) is 9.03. The van der Waals surface area contributed by atoms with Gasteiger partial charge in [0.2, 0.25) is 0 Å². The Morgan fingerprint density at radius 1 is 0.892 bits per heavy atom. The maximum absolute atomic E-state index is 14.8. The van der Waals surface area contributed by atoms with Crippen LogP contribution in [0.15, 0.2) is 121 Å². The number of allylic oxidation sites excluding steroid dienone is 11. The van der Waals surface area contributed by atoms with Gasteiger partial charge in [-0.3, -0.25) is 0 Å². The predicted molar refractivity (Wildman–Crippen MR) is 164 cm³/mol. The molecule has 0 N–H and O–H groups in total. The Balaban J connectivity index is -0.00000174. The van der Waals surface area contributed by atoms with Gasteiger partial charge in [0.25, 0.3) is 0 Å². The molecule has 2 nitrogen and oxygen atoms in total. The highest BCUT2D eigenvalue weighted by molar-refractivity contribution is 5.54. The number of carbonyl (C=O) groups excluding carboxylic acids is 1. The molecule has 1 atom stereocenters. The molecule has 3 heteroatoms. The number of halogens is 1. The molecule has 0 aromatic rings. The molecule has 0 fully saturated rings. The number of carbonyl (C=O) groups is 1. The van der Waals surface area contributed by atoms with Gasteiger partial charge in [0.1, 0.15) is 12.1 Å². The molecule has 0 amide bonds. The molecule has 0 aliphatic rings. The van der Waals surface area contributed by atoms with Gasteiger partial charge in [-0.15, -0.1) is 6.58 Å². The second kappa shape index (κ2) is 23.4. The van der Waals surface area contributed by atoms with E-state index in [2.05, 4.69) is 66.8 Å². The average molecular weight is 511 g/mol. The highest BCUT2D eigenvalue weighted by atomic mass is 19.1. The smallest absolute Gasteiger partial charge is 0.131 e. The van der Waals surface area contributed by atoms with Crippen LogP contribution in [0.2, 0.25) is 0 Å². The summed E-state index contributed by atoms with van der Waals surface area (Å²) in [7, 11) is 1.61. The summed E-state index contributed by atoms with van der Waals surface area (Å²) >= 11 is 0. The van der Waals surface area contributed by atoms with E-state index in [4.69, 9.17) is 9.53 Å². The first-order valence-corrected chi connectivity index (χ1v) is 12.6. The molecule has 37 heavy (non-hydrogen) atoms. The van der Waals surface area contributed by atoms with Crippen molar-refractivity contribution in [3.63, 3.8) is 0 Å².